The number of aromatic nitrogens is 2. The monoisotopic (exact) mass is 333 g/mol. The lowest BCUT2D eigenvalue weighted by molar-refractivity contribution is 0.220. The number of nitrogens with zero attached hydrogens (tertiary/aromatic N) is 4. The predicted molar refractivity (Wildman–Crippen MR) is 100 cm³/mol. The first-order chi connectivity index (χ1) is 12.2. The number of hydrogen-bond acceptors (Lipinski definition) is 5. The summed E-state index contributed by atoms with van der Waals surface area (Å²) in [7, 11) is 0. The van der Waals surface area contributed by atoms with Crippen LogP contribution < -0.4 is 5.73 Å². The quantitative estimate of drug-likeness (QED) is 0.930. The van der Waals surface area contributed by atoms with E-state index in [9.17, 15) is 0 Å². The molecule has 1 unspecified atom stereocenters. The molecule has 2 heterocycles. The number of aliphatic imine (C=N–C) groups is 2. The standard InChI is InChI=1S/C20H23N5/c1-14-19(21)25-20(24-14,17-7-3-2-4-8-17)18-9-5-6-15(10-18)16-11-22-13-23-12-16/h5-6,9-13,17H,2-4,7-8H2,1H3,(H2,21,25). The molecule has 25 heavy (non-hydrogen) atoms. The van der Waals surface area contributed by atoms with E-state index in [4.69, 9.17) is 15.7 Å². The highest BCUT2D eigenvalue weighted by atomic mass is 15.2. The Morgan fingerprint density at radius 3 is 2.44 bits per heavy atom. The molecule has 1 saturated carbocycles. The van der Waals surface area contributed by atoms with E-state index in [1.54, 1.807) is 6.33 Å². The van der Waals surface area contributed by atoms with Gasteiger partial charge in [-0.05, 0) is 31.4 Å². The fourth-order valence-electron chi connectivity index (χ4n) is 4.03. The van der Waals surface area contributed by atoms with Crippen molar-refractivity contribution in [2.45, 2.75) is 44.7 Å². The van der Waals surface area contributed by atoms with Crippen LogP contribution in [0.25, 0.3) is 11.1 Å². The van der Waals surface area contributed by atoms with Crippen LogP contribution in [0.15, 0.2) is 53.0 Å². The summed E-state index contributed by atoms with van der Waals surface area (Å²) < 4.78 is 0. The minimum atomic E-state index is -0.569. The molecule has 2 aliphatic rings. The third-order valence-corrected chi connectivity index (χ3v) is 5.36. The van der Waals surface area contributed by atoms with E-state index in [0.717, 1.165) is 35.2 Å². The molecule has 0 spiro atoms. The minimum absolute atomic E-state index is 0.402. The molecule has 1 aliphatic carbocycles. The SMILES string of the molecule is CC1=NC(c2cccc(-c3cncnc3)c2)(C2CCCCC2)N=C1N. The first kappa shape index (κ1) is 15.9. The molecule has 1 aliphatic heterocycles. The molecule has 4 rings (SSSR count). The van der Waals surface area contributed by atoms with Crippen LogP contribution in [0.4, 0.5) is 0 Å². The number of nitrogens with two attached hydrogens (primary N) is 1. The van der Waals surface area contributed by atoms with Crippen molar-refractivity contribution in [2.75, 3.05) is 0 Å². The van der Waals surface area contributed by atoms with Crippen LogP contribution in [0.3, 0.4) is 0 Å². The van der Waals surface area contributed by atoms with Gasteiger partial charge < -0.3 is 5.73 Å². The van der Waals surface area contributed by atoms with Gasteiger partial charge in [-0.3, -0.25) is 4.99 Å². The van der Waals surface area contributed by atoms with Crippen LogP contribution in [0, 0.1) is 5.92 Å². The van der Waals surface area contributed by atoms with Crippen molar-refractivity contribution >= 4 is 11.5 Å². The van der Waals surface area contributed by atoms with Crippen molar-refractivity contribution in [1.82, 2.24) is 9.97 Å². The van der Waals surface area contributed by atoms with Crippen LogP contribution in [0.1, 0.15) is 44.6 Å². The van der Waals surface area contributed by atoms with Crippen LogP contribution >= 0.6 is 0 Å². The summed E-state index contributed by atoms with van der Waals surface area (Å²) in [6, 6.07) is 8.44. The summed E-state index contributed by atoms with van der Waals surface area (Å²) in [6.45, 7) is 1.96. The molecule has 1 aromatic carbocycles. The maximum Gasteiger partial charge on any atom is 0.181 e. The van der Waals surface area contributed by atoms with Gasteiger partial charge in [-0.15, -0.1) is 0 Å². The Labute approximate surface area is 148 Å². The smallest absolute Gasteiger partial charge is 0.181 e. The normalized spacial score (nSPS) is 24.0. The Morgan fingerprint density at radius 1 is 1.00 bits per heavy atom. The second-order valence-corrected chi connectivity index (χ2v) is 6.96. The summed E-state index contributed by atoms with van der Waals surface area (Å²) in [5, 5.41) is 0. The molecule has 0 amide bonds. The summed E-state index contributed by atoms with van der Waals surface area (Å²) in [4.78, 5) is 18.1. The lowest BCUT2D eigenvalue weighted by atomic mass is 9.76. The third-order valence-electron chi connectivity index (χ3n) is 5.36. The van der Waals surface area contributed by atoms with Gasteiger partial charge in [-0.25, -0.2) is 15.0 Å². The van der Waals surface area contributed by atoms with Gasteiger partial charge in [0, 0.05) is 29.4 Å². The van der Waals surface area contributed by atoms with Crippen molar-refractivity contribution in [1.29, 1.82) is 0 Å². The van der Waals surface area contributed by atoms with Gasteiger partial charge in [0.1, 0.15) is 12.2 Å². The lowest BCUT2D eigenvalue weighted by Gasteiger charge is -2.35. The zero-order valence-electron chi connectivity index (χ0n) is 14.5. The summed E-state index contributed by atoms with van der Waals surface area (Å²) in [6.07, 6.45) is 11.3. The number of hydrogen-bond donors (Lipinski definition) is 1. The molecule has 0 bridgehead atoms. The molecule has 128 valence electrons. The van der Waals surface area contributed by atoms with Gasteiger partial charge in [0.2, 0.25) is 0 Å². The summed E-state index contributed by atoms with van der Waals surface area (Å²) in [5.41, 5.74) is 9.62. The van der Waals surface area contributed by atoms with Gasteiger partial charge in [0.25, 0.3) is 0 Å². The highest BCUT2D eigenvalue weighted by Crippen LogP contribution is 2.46. The second kappa shape index (κ2) is 6.39. The molecule has 1 aromatic heterocycles. The summed E-state index contributed by atoms with van der Waals surface area (Å²) >= 11 is 0. The van der Waals surface area contributed by atoms with Crippen molar-refractivity contribution in [2.24, 2.45) is 21.6 Å². The van der Waals surface area contributed by atoms with Gasteiger partial charge in [0.15, 0.2) is 5.66 Å². The van der Waals surface area contributed by atoms with E-state index < -0.39 is 5.66 Å². The number of benzene rings is 1. The van der Waals surface area contributed by atoms with Crippen LogP contribution in [-0.2, 0) is 5.66 Å². The van der Waals surface area contributed by atoms with Gasteiger partial charge >= 0.3 is 0 Å². The Morgan fingerprint density at radius 2 is 1.76 bits per heavy atom. The summed E-state index contributed by atoms with van der Waals surface area (Å²) in [5.74, 6) is 0.971. The zero-order chi connectivity index (χ0) is 17.3. The van der Waals surface area contributed by atoms with Crippen LogP contribution in [0.2, 0.25) is 0 Å². The maximum absolute atomic E-state index is 6.15. The molecule has 5 heteroatoms. The molecular weight excluding hydrogens is 310 g/mol. The molecule has 0 saturated heterocycles. The van der Waals surface area contributed by atoms with Gasteiger partial charge in [-0.1, -0.05) is 37.5 Å². The zero-order valence-corrected chi connectivity index (χ0v) is 14.5. The average molecular weight is 333 g/mol. The van der Waals surface area contributed by atoms with E-state index in [1.807, 2.05) is 19.3 Å². The maximum atomic E-state index is 6.15. The van der Waals surface area contributed by atoms with E-state index in [-0.39, 0.29) is 0 Å². The average Bonchev–Trinajstić information content (AvgIpc) is 2.99. The lowest BCUT2D eigenvalue weighted by Crippen LogP contribution is -2.32. The van der Waals surface area contributed by atoms with Crippen LogP contribution in [-0.4, -0.2) is 21.5 Å². The molecule has 5 nitrogen and oxygen atoms in total. The van der Waals surface area contributed by atoms with Gasteiger partial charge in [0.05, 0.1) is 5.71 Å². The first-order valence-electron chi connectivity index (χ1n) is 8.97. The van der Waals surface area contributed by atoms with Crippen molar-refractivity contribution < 1.29 is 0 Å². The Balaban J connectivity index is 1.81. The van der Waals surface area contributed by atoms with E-state index in [2.05, 4.69) is 34.2 Å². The Bertz CT molecular complexity index is 801. The highest BCUT2D eigenvalue weighted by Gasteiger charge is 2.44. The van der Waals surface area contributed by atoms with Crippen molar-refractivity contribution in [3.05, 3.63) is 48.5 Å². The Kier molecular flexibility index (Phi) is 4.07. The largest absolute Gasteiger partial charge is 0.382 e. The molecule has 2 aromatic rings. The molecule has 1 fully saturated rings. The fourth-order valence-corrected chi connectivity index (χ4v) is 4.03. The fraction of sp³-hybridized carbons (Fsp3) is 0.400. The molecule has 0 radical (unpaired) electrons. The van der Waals surface area contributed by atoms with E-state index in [0.29, 0.717) is 11.8 Å². The third kappa shape index (κ3) is 2.84. The molecule has 2 N–H and O–H groups in total. The number of amidine groups is 1. The van der Waals surface area contributed by atoms with Crippen molar-refractivity contribution in [3.8, 4) is 11.1 Å². The van der Waals surface area contributed by atoms with Crippen molar-refractivity contribution in [3.63, 3.8) is 0 Å². The predicted octanol–water partition coefficient (Wildman–Crippen LogP) is 3.71. The van der Waals surface area contributed by atoms with E-state index >= 15 is 0 Å². The first-order valence-corrected chi connectivity index (χ1v) is 8.97. The Hall–Kier alpha value is -2.56. The van der Waals surface area contributed by atoms with E-state index in [1.165, 1.54) is 19.3 Å². The highest BCUT2D eigenvalue weighted by molar-refractivity contribution is 6.41. The second-order valence-electron chi connectivity index (χ2n) is 6.96. The number of rotatable bonds is 3. The molecular formula is C20H23N5. The molecule has 1 atom stereocenters. The minimum Gasteiger partial charge on any atom is -0.382 e. The topological polar surface area (TPSA) is 76.5 Å². The van der Waals surface area contributed by atoms with Crippen LogP contribution in [0.5, 0.6) is 0 Å². The van der Waals surface area contributed by atoms with Gasteiger partial charge in [-0.2, -0.15) is 0 Å².